The number of nitrogens with one attached hydrogen (secondary N) is 1. The quantitative estimate of drug-likeness (QED) is 0.806. The van der Waals surface area contributed by atoms with Gasteiger partial charge >= 0.3 is 5.97 Å². The summed E-state index contributed by atoms with van der Waals surface area (Å²) < 4.78 is 5.37. The van der Waals surface area contributed by atoms with Gasteiger partial charge in [0, 0.05) is 12.7 Å². The fraction of sp³-hybridized carbons (Fsp3) is 0.545. The summed E-state index contributed by atoms with van der Waals surface area (Å²) in [7, 11) is 0. The van der Waals surface area contributed by atoms with Crippen LogP contribution >= 0.6 is 11.8 Å². The number of oxazole rings is 1. The molecule has 0 saturated carbocycles. The van der Waals surface area contributed by atoms with Crippen LogP contribution in [0.1, 0.15) is 24.3 Å². The number of aryl methyl sites for hydroxylation is 2. The highest BCUT2D eigenvalue weighted by atomic mass is 32.2. The minimum Gasteiger partial charge on any atom is -0.480 e. The Kier molecular flexibility index (Phi) is 5.21. The number of hydrogen-bond acceptors (Lipinski definition) is 5. The van der Waals surface area contributed by atoms with Gasteiger partial charge in [0.15, 0.2) is 0 Å². The molecule has 6 nitrogen and oxygen atoms in total. The van der Waals surface area contributed by atoms with Crippen molar-refractivity contribution < 1.29 is 19.1 Å². The van der Waals surface area contributed by atoms with E-state index in [0.29, 0.717) is 11.6 Å². The second kappa shape index (κ2) is 6.44. The van der Waals surface area contributed by atoms with Crippen molar-refractivity contribution in [1.82, 2.24) is 10.3 Å². The Morgan fingerprint density at radius 3 is 2.61 bits per heavy atom. The molecule has 0 spiro atoms. The first-order chi connectivity index (χ1) is 8.40. The lowest BCUT2D eigenvalue weighted by Gasteiger charge is -2.11. The molecule has 1 heterocycles. The third-order valence-electron chi connectivity index (χ3n) is 2.26. The van der Waals surface area contributed by atoms with Crippen molar-refractivity contribution in [3.8, 4) is 0 Å². The number of carboxylic acid groups (broad SMARTS) is 1. The maximum atomic E-state index is 10.9. The van der Waals surface area contributed by atoms with E-state index in [1.54, 1.807) is 0 Å². The molecule has 0 radical (unpaired) electrons. The molecular formula is C11H16N2O4S. The van der Waals surface area contributed by atoms with Crippen molar-refractivity contribution in [2.75, 3.05) is 5.75 Å². The van der Waals surface area contributed by atoms with Gasteiger partial charge in [-0.15, -0.1) is 11.8 Å². The number of carboxylic acids is 1. The van der Waals surface area contributed by atoms with E-state index in [9.17, 15) is 9.59 Å². The number of carbonyl (C=O) groups is 2. The van der Waals surface area contributed by atoms with E-state index in [-0.39, 0.29) is 11.7 Å². The Hall–Kier alpha value is -1.50. The van der Waals surface area contributed by atoms with Crippen molar-refractivity contribution in [3.05, 3.63) is 17.3 Å². The minimum absolute atomic E-state index is 0.273. The lowest BCUT2D eigenvalue weighted by molar-refractivity contribution is -0.140. The Morgan fingerprint density at radius 1 is 1.50 bits per heavy atom. The van der Waals surface area contributed by atoms with E-state index in [4.69, 9.17) is 9.52 Å². The van der Waals surface area contributed by atoms with E-state index in [1.807, 2.05) is 13.8 Å². The topological polar surface area (TPSA) is 92.4 Å². The summed E-state index contributed by atoms with van der Waals surface area (Å²) in [4.78, 5) is 25.9. The van der Waals surface area contributed by atoms with Crippen LogP contribution in [0.15, 0.2) is 4.42 Å². The molecule has 1 rings (SSSR count). The van der Waals surface area contributed by atoms with Gasteiger partial charge in [-0.1, -0.05) is 0 Å². The molecular weight excluding hydrogens is 256 g/mol. The zero-order valence-corrected chi connectivity index (χ0v) is 11.3. The number of nitrogens with zero attached hydrogens (tertiary/aromatic N) is 1. The molecule has 2 N–H and O–H groups in total. The largest absolute Gasteiger partial charge is 0.480 e. The standard InChI is InChI=1S/C11H16N2O4S/c1-6-7(2)17-10(12-6)5-18-4-9(11(15)16)13-8(3)14/h9H,4-5H2,1-3H3,(H,13,14)(H,15,16). The fourth-order valence-electron chi connectivity index (χ4n) is 1.29. The minimum atomic E-state index is -1.04. The van der Waals surface area contributed by atoms with Gasteiger partial charge in [0.05, 0.1) is 11.4 Å². The highest BCUT2D eigenvalue weighted by Crippen LogP contribution is 2.15. The molecule has 7 heteroatoms. The lowest BCUT2D eigenvalue weighted by atomic mass is 10.3. The van der Waals surface area contributed by atoms with Gasteiger partial charge in [-0.05, 0) is 13.8 Å². The Bertz CT molecular complexity index is 425. The van der Waals surface area contributed by atoms with Crippen LogP contribution in [0.3, 0.4) is 0 Å². The van der Waals surface area contributed by atoms with Gasteiger partial charge < -0.3 is 14.8 Å². The average Bonchev–Trinajstić information content (AvgIpc) is 2.56. The first kappa shape index (κ1) is 14.6. The lowest BCUT2D eigenvalue weighted by Crippen LogP contribution is -2.41. The number of thioether (sulfide) groups is 1. The highest BCUT2D eigenvalue weighted by molar-refractivity contribution is 7.98. The van der Waals surface area contributed by atoms with Crippen molar-refractivity contribution >= 4 is 23.6 Å². The van der Waals surface area contributed by atoms with Gasteiger partial charge in [0.2, 0.25) is 11.8 Å². The predicted molar refractivity (Wildman–Crippen MR) is 67.4 cm³/mol. The molecule has 0 aromatic carbocycles. The van der Waals surface area contributed by atoms with Crippen LogP contribution in [-0.2, 0) is 15.3 Å². The molecule has 1 amide bonds. The van der Waals surface area contributed by atoms with Gasteiger partial charge in [0.1, 0.15) is 11.8 Å². The summed E-state index contributed by atoms with van der Waals surface area (Å²) >= 11 is 1.35. The predicted octanol–water partition coefficient (Wildman–Crippen LogP) is 1.11. The smallest absolute Gasteiger partial charge is 0.327 e. The summed E-state index contributed by atoms with van der Waals surface area (Å²) in [6, 6.07) is -0.885. The van der Waals surface area contributed by atoms with Crippen LogP contribution < -0.4 is 5.32 Å². The van der Waals surface area contributed by atoms with E-state index in [1.165, 1.54) is 18.7 Å². The highest BCUT2D eigenvalue weighted by Gasteiger charge is 2.18. The molecule has 1 aromatic heterocycles. The van der Waals surface area contributed by atoms with Crippen LogP contribution in [0.4, 0.5) is 0 Å². The summed E-state index contributed by atoms with van der Waals surface area (Å²) in [5.74, 6) is 0.695. The number of carbonyl (C=O) groups excluding carboxylic acids is 1. The van der Waals surface area contributed by atoms with Crippen LogP contribution in [0.5, 0.6) is 0 Å². The molecule has 0 fully saturated rings. The van der Waals surface area contributed by atoms with Gasteiger partial charge in [-0.2, -0.15) is 0 Å². The van der Waals surface area contributed by atoms with E-state index >= 15 is 0 Å². The third kappa shape index (κ3) is 4.40. The number of amides is 1. The van der Waals surface area contributed by atoms with Gasteiger partial charge in [-0.3, -0.25) is 4.79 Å². The molecule has 100 valence electrons. The SMILES string of the molecule is CC(=O)NC(CSCc1nc(C)c(C)o1)C(=O)O. The normalized spacial score (nSPS) is 12.2. The zero-order chi connectivity index (χ0) is 13.7. The maximum absolute atomic E-state index is 10.9. The first-order valence-electron chi connectivity index (χ1n) is 5.40. The van der Waals surface area contributed by atoms with Crippen molar-refractivity contribution in [2.24, 2.45) is 0 Å². The number of hydrogen-bond donors (Lipinski definition) is 2. The number of aromatic nitrogens is 1. The van der Waals surface area contributed by atoms with Crippen molar-refractivity contribution in [2.45, 2.75) is 32.6 Å². The summed E-state index contributed by atoms with van der Waals surface area (Å²) in [5.41, 5.74) is 0.835. The second-order valence-corrected chi connectivity index (χ2v) is 4.89. The first-order valence-corrected chi connectivity index (χ1v) is 6.56. The molecule has 1 aromatic rings. The fourth-order valence-corrected chi connectivity index (χ4v) is 2.16. The van der Waals surface area contributed by atoms with Crippen LogP contribution in [0.25, 0.3) is 0 Å². The molecule has 0 saturated heterocycles. The van der Waals surface area contributed by atoms with Crippen molar-refractivity contribution in [1.29, 1.82) is 0 Å². The Balaban J connectivity index is 2.43. The average molecular weight is 272 g/mol. The second-order valence-electron chi connectivity index (χ2n) is 3.86. The number of rotatable bonds is 6. The van der Waals surface area contributed by atoms with Gasteiger partial charge in [-0.25, -0.2) is 9.78 Å². The molecule has 0 bridgehead atoms. The Morgan fingerprint density at radius 2 is 2.17 bits per heavy atom. The molecule has 0 aliphatic rings. The molecule has 1 unspecified atom stereocenters. The summed E-state index contributed by atoms with van der Waals surface area (Å²) in [5, 5.41) is 11.3. The molecule has 0 aliphatic heterocycles. The molecule has 18 heavy (non-hydrogen) atoms. The van der Waals surface area contributed by atoms with E-state index in [2.05, 4.69) is 10.3 Å². The molecule has 0 aliphatic carbocycles. The third-order valence-corrected chi connectivity index (χ3v) is 3.28. The van der Waals surface area contributed by atoms with Gasteiger partial charge in [0.25, 0.3) is 0 Å². The Labute approximate surface area is 109 Å². The van der Waals surface area contributed by atoms with E-state index < -0.39 is 12.0 Å². The van der Waals surface area contributed by atoms with Crippen LogP contribution in [0, 0.1) is 13.8 Å². The summed E-state index contributed by atoms with van der Waals surface area (Å²) in [6.45, 7) is 4.97. The monoisotopic (exact) mass is 272 g/mol. The maximum Gasteiger partial charge on any atom is 0.327 e. The number of aliphatic carboxylic acids is 1. The van der Waals surface area contributed by atoms with E-state index in [0.717, 1.165) is 11.5 Å². The van der Waals surface area contributed by atoms with Crippen molar-refractivity contribution in [3.63, 3.8) is 0 Å². The van der Waals surface area contributed by atoms with Crippen LogP contribution in [0.2, 0.25) is 0 Å². The summed E-state index contributed by atoms with van der Waals surface area (Å²) in [6.07, 6.45) is 0. The molecule has 1 atom stereocenters. The zero-order valence-electron chi connectivity index (χ0n) is 10.5. The van der Waals surface area contributed by atoms with Crippen LogP contribution in [-0.4, -0.2) is 33.8 Å².